The third kappa shape index (κ3) is 4.82. The first kappa shape index (κ1) is 25.3. The highest BCUT2D eigenvalue weighted by molar-refractivity contribution is 7.89. The van der Waals surface area contributed by atoms with Crippen LogP contribution in [0, 0.1) is 0 Å². The van der Waals surface area contributed by atoms with Crippen molar-refractivity contribution >= 4 is 42.6 Å². The molecule has 39 heavy (non-hydrogen) atoms. The number of ether oxygens (including phenoxy) is 1. The molecule has 2 aromatic heterocycles. The number of hydrogen-bond acceptors (Lipinski definition) is 7. The highest BCUT2D eigenvalue weighted by Crippen LogP contribution is 2.35. The van der Waals surface area contributed by atoms with E-state index < -0.39 is 10.0 Å². The van der Waals surface area contributed by atoms with Crippen molar-refractivity contribution in [2.45, 2.75) is 24.4 Å². The molecule has 0 aliphatic carbocycles. The summed E-state index contributed by atoms with van der Waals surface area (Å²) >= 11 is 1.37. The van der Waals surface area contributed by atoms with Gasteiger partial charge in [0.05, 0.1) is 29.5 Å². The number of methoxy groups -OCH3 is 1. The number of anilines is 1. The SMILES string of the molecule is COc1cccc2sc(N(Cc3ccco3)C(=O)c3ccc(S(=O)(=O)N4CCc5ccccc5C4)cc3)nc12. The Morgan fingerprint density at radius 2 is 1.82 bits per heavy atom. The quantitative estimate of drug-likeness (QED) is 0.262. The fraction of sp³-hybridized carbons (Fsp3) is 0.172. The molecule has 0 unspecified atom stereocenters. The molecule has 0 radical (unpaired) electrons. The van der Waals surface area contributed by atoms with Gasteiger partial charge in [0.1, 0.15) is 17.0 Å². The molecule has 0 fully saturated rings. The maximum absolute atomic E-state index is 13.8. The maximum Gasteiger partial charge on any atom is 0.260 e. The summed E-state index contributed by atoms with van der Waals surface area (Å²) in [5.74, 6) is 0.898. The topological polar surface area (TPSA) is 92.9 Å². The first-order chi connectivity index (χ1) is 18.9. The van der Waals surface area contributed by atoms with E-state index in [1.165, 1.54) is 38.2 Å². The third-order valence-corrected chi connectivity index (χ3v) is 9.70. The molecule has 5 aromatic rings. The molecule has 3 heterocycles. The Morgan fingerprint density at radius 1 is 1.03 bits per heavy atom. The Kier molecular flexibility index (Phi) is 6.68. The van der Waals surface area contributed by atoms with Crippen molar-refractivity contribution in [3.8, 4) is 5.75 Å². The second kappa shape index (κ2) is 10.3. The van der Waals surface area contributed by atoms with Crippen LogP contribution in [0.25, 0.3) is 10.2 Å². The van der Waals surface area contributed by atoms with E-state index in [9.17, 15) is 13.2 Å². The zero-order valence-corrected chi connectivity index (χ0v) is 22.7. The van der Waals surface area contributed by atoms with E-state index in [1.54, 1.807) is 37.6 Å². The molecule has 0 N–H and O–H groups in total. The lowest BCUT2D eigenvalue weighted by molar-refractivity contribution is 0.0983. The highest BCUT2D eigenvalue weighted by Gasteiger charge is 2.29. The van der Waals surface area contributed by atoms with Gasteiger partial charge in [0.15, 0.2) is 5.13 Å². The van der Waals surface area contributed by atoms with Gasteiger partial charge in [0, 0.05) is 18.7 Å². The molecule has 6 rings (SSSR count). The average Bonchev–Trinajstić information content (AvgIpc) is 3.65. The van der Waals surface area contributed by atoms with Crippen LogP contribution in [-0.4, -0.2) is 37.3 Å². The monoisotopic (exact) mass is 559 g/mol. The Morgan fingerprint density at radius 3 is 2.56 bits per heavy atom. The zero-order valence-electron chi connectivity index (χ0n) is 21.1. The lowest BCUT2D eigenvalue weighted by atomic mass is 10.0. The van der Waals surface area contributed by atoms with Crippen molar-refractivity contribution in [3.63, 3.8) is 0 Å². The van der Waals surface area contributed by atoms with Gasteiger partial charge in [0.2, 0.25) is 10.0 Å². The molecule has 198 valence electrons. The number of carbonyl (C=O) groups is 1. The molecule has 8 nitrogen and oxygen atoms in total. The van der Waals surface area contributed by atoms with Gasteiger partial charge in [-0.3, -0.25) is 9.69 Å². The van der Waals surface area contributed by atoms with Gasteiger partial charge in [-0.15, -0.1) is 0 Å². The van der Waals surface area contributed by atoms with E-state index in [4.69, 9.17) is 14.1 Å². The van der Waals surface area contributed by atoms with Crippen LogP contribution in [-0.2, 0) is 29.5 Å². The summed E-state index contributed by atoms with van der Waals surface area (Å²) in [4.78, 5) is 20.2. The molecular weight excluding hydrogens is 534 g/mol. The van der Waals surface area contributed by atoms with Crippen molar-refractivity contribution in [2.75, 3.05) is 18.6 Å². The van der Waals surface area contributed by atoms with Gasteiger partial charge in [0.25, 0.3) is 5.91 Å². The normalized spacial score (nSPS) is 13.8. The Labute approximate surface area is 230 Å². The van der Waals surface area contributed by atoms with Crippen LogP contribution in [0.3, 0.4) is 0 Å². The Bertz CT molecular complexity index is 1750. The molecule has 10 heteroatoms. The fourth-order valence-electron chi connectivity index (χ4n) is 4.73. The van der Waals surface area contributed by atoms with E-state index in [2.05, 4.69) is 0 Å². The Balaban J connectivity index is 1.29. The number of sulfonamides is 1. The molecule has 0 bridgehead atoms. The number of aromatic nitrogens is 1. The minimum absolute atomic E-state index is 0.153. The molecular formula is C29H25N3O5S2. The summed E-state index contributed by atoms with van der Waals surface area (Å²) in [6.07, 6.45) is 2.22. The zero-order chi connectivity index (χ0) is 27.0. The van der Waals surface area contributed by atoms with Crippen molar-refractivity contribution in [3.05, 3.63) is 108 Å². The van der Waals surface area contributed by atoms with Gasteiger partial charge >= 0.3 is 0 Å². The third-order valence-electron chi connectivity index (χ3n) is 6.80. The number of hydrogen-bond donors (Lipinski definition) is 0. The number of benzene rings is 3. The van der Waals surface area contributed by atoms with Crippen molar-refractivity contribution in [1.29, 1.82) is 0 Å². The van der Waals surface area contributed by atoms with Crippen molar-refractivity contribution in [1.82, 2.24) is 9.29 Å². The molecule has 0 saturated carbocycles. The molecule has 0 atom stereocenters. The summed E-state index contributed by atoms with van der Waals surface area (Å²) < 4.78 is 40.1. The predicted octanol–water partition coefficient (Wildman–Crippen LogP) is 5.49. The summed E-state index contributed by atoms with van der Waals surface area (Å²) in [5.41, 5.74) is 3.20. The molecule has 0 saturated heterocycles. The van der Waals surface area contributed by atoms with Crippen LogP contribution < -0.4 is 9.64 Å². The number of para-hydroxylation sites is 1. The standard InChI is InChI=1S/C29H25N3O5S2/c1-36-25-9-4-10-26-27(25)30-29(38-26)32(19-23-8-5-17-37-23)28(33)21-11-13-24(14-12-21)39(34,35)31-16-15-20-6-2-3-7-22(20)18-31/h2-14,17H,15-16,18-19H2,1H3. The lowest BCUT2D eigenvalue weighted by Crippen LogP contribution is -2.36. The second-order valence-corrected chi connectivity index (χ2v) is 12.1. The number of amides is 1. The number of furan rings is 1. The van der Waals surface area contributed by atoms with Gasteiger partial charge in [-0.25, -0.2) is 13.4 Å². The van der Waals surface area contributed by atoms with Crippen molar-refractivity contribution < 1.29 is 22.4 Å². The number of carbonyl (C=O) groups excluding carboxylic acids is 1. The number of thiazole rings is 1. The van der Waals surface area contributed by atoms with Crippen LogP contribution in [0.1, 0.15) is 27.2 Å². The van der Waals surface area contributed by atoms with Gasteiger partial charge in [-0.05, 0) is 66.1 Å². The molecule has 1 amide bonds. The van der Waals surface area contributed by atoms with Crippen LogP contribution in [0.5, 0.6) is 5.75 Å². The molecule has 3 aromatic carbocycles. The summed E-state index contributed by atoms with van der Waals surface area (Å²) in [6, 6.07) is 23.2. The smallest absolute Gasteiger partial charge is 0.260 e. The first-order valence-electron chi connectivity index (χ1n) is 12.4. The van der Waals surface area contributed by atoms with Crippen LogP contribution in [0.15, 0.2) is 94.4 Å². The Hall–Kier alpha value is -3.99. The molecule has 1 aliphatic rings. The maximum atomic E-state index is 13.8. The second-order valence-electron chi connectivity index (χ2n) is 9.16. The number of rotatable bonds is 7. The van der Waals surface area contributed by atoms with E-state index in [0.717, 1.165) is 10.3 Å². The van der Waals surface area contributed by atoms with Crippen molar-refractivity contribution in [2.24, 2.45) is 0 Å². The summed E-state index contributed by atoms with van der Waals surface area (Å²) in [7, 11) is -2.14. The van der Waals surface area contributed by atoms with Crippen LogP contribution in [0.2, 0.25) is 0 Å². The largest absolute Gasteiger partial charge is 0.494 e. The van der Waals surface area contributed by atoms with E-state index in [1.807, 2.05) is 42.5 Å². The number of fused-ring (bicyclic) bond motifs is 2. The van der Waals surface area contributed by atoms with Crippen LogP contribution in [0.4, 0.5) is 5.13 Å². The predicted molar refractivity (Wildman–Crippen MR) is 150 cm³/mol. The van der Waals surface area contributed by atoms with Gasteiger partial charge in [-0.1, -0.05) is 41.7 Å². The van der Waals surface area contributed by atoms with E-state index in [0.29, 0.717) is 47.2 Å². The summed E-state index contributed by atoms with van der Waals surface area (Å²) in [6.45, 7) is 0.913. The first-order valence-corrected chi connectivity index (χ1v) is 14.6. The highest BCUT2D eigenvalue weighted by atomic mass is 32.2. The van der Waals surface area contributed by atoms with E-state index in [-0.39, 0.29) is 17.3 Å². The molecule has 0 spiro atoms. The van der Waals surface area contributed by atoms with Crippen LogP contribution >= 0.6 is 11.3 Å². The minimum Gasteiger partial charge on any atom is -0.494 e. The van der Waals surface area contributed by atoms with E-state index >= 15 is 0 Å². The minimum atomic E-state index is -3.72. The summed E-state index contributed by atoms with van der Waals surface area (Å²) in [5, 5.41) is 0.486. The fourth-order valence-corrected chi connectivity index (χ4v) is 7.13. The molecule has 1 aliphatic heterocycles. The average molecular weight is 560 g/mol. The van der Waals surface area contributed by atoms with Gasteiger partial charge in [-0.2, -0.15) is 4.31 Å². The van der Waals surface area contributed by atoms with Gasteiger partial charge < -0.3 is 9.15 Å². The number of nitrogens with zero attached hydrogens (tertiary/aromatic N) is 3. The lowest BCUT2D eigenvalue weighted by Gasteiger charge is -2.28.